The third-order valence-corrected chi connectivity index (χ3v) is 9.86. The molecule has 1 atom stereocenters. The van der Waals surface area contributed by atoms with E-state index in [1.165, 1.54) is 28.9 Å². The SMILES string of the molecule is CCOP(=O)(OCC)C(NC(=O)c1cc(-c2cccc(OC)c2)n(-c2ccc(S(N)(=O)=O)cc2)n1)c1ccc(Br)cc1. The summed E-state index contributed by atoms with van der Waals surface area (Å²) in [5.41, 5.74) is 2.18. The predicted molar refractivity (Wildman–Crippen MR) is 162 cm³/mol. The third-order valence-electron chi connectivity index (χ3n) is 6.11. The lowest BCUT2D eigenvalue weighted by atomic mass is 10.1. The van der Waals surface area contributed by atoms with Gasteiger partial charge in [-0.25, -0.2) is 18.2 Å². The molecule has 0 bridgehead atoms. The van der Waals surface area contributed by atoms with Crippen molar-refractivity contribution in [1.29, 1.82) is 0 Å². The minimum Gasteiger partial charge on any atom is -0.497 e. The zero-order valence-electron chi connectivity index (χ0n) is 23.1. The minimum absolute atomic E-state index is 0.00463. The topological polar surface area (TPSA) is 152 Å². The van der Waals surface area contributed by atoms with Crippen molar-refractivity contribution in [2.75, 3.05) is 20.3 Å². The van der Waals surface area contributed by atoms with Gasteiger partial charge in [-0.1, -0.05) is 40.2 Å². The van der Waals surface area contributed by atoms with E-state index in [0.717, 1.165) is 4.47 Å². The maximum atomic E-state index is 13.9. The Morgan fingerprint density at radius 2 is 1.67 bits per heavy atom. The van der Waals surface area contributed by atoms with Gasteiger partial charge in [-0.2, -0.15) is 5.10 Å². The lowest BCUT2D eigenvalue weighted by Crippen LogP contribution is -2.30. The number of halogens is 1. The molecular formula is C28H30BrN4O7PS. The monoisotopic (exact) mass is 676 g/mol. The van der Waals surface area contributed by atoms with Gasteiger partial charge in [0.15, 0.2) is 11.5 Å². The maximum absolute atomic E-state index is 13.9. The van der Waals surface area contributed by atoms with E-state index in [0.29, 0.717) is 28.3 Å². The number of methoxy groups -OCH3 is 1. The summed E-state index contributed by atoms with van der Waals surface area (Å²) in [4.78, 5) is 13.7. The summed E-state index contributed by atoms with van der Waals surface area (Å²) in [6.07, 6.45) is 0. The fraction of sp³-hybridized carbons (Fsp3) is 0.214. The molecule has 0 saturated carbocycles. The molecule has 42 heavy (non-hydrogen) atoms. The Bertz CT molecular complexity index is 1700. The van der Waals surface area contributed by atoms with E-state index in [9.17, 15) is 17.8 Å². The predicted octanol–water partition coefficient (Wildman–Crippen LogP) is 5.65. The Morgan fingerprint density at radius 1 is 1.02 bits per heavy atom. The Labute approximate surface area is 252 Å². The number of hydrogen-bond donors (Lipinski definition) is 2. The molecule has 0 aliphatic heterocycles. The van der Waals surface area contributed by atoms with Crippen molar-refractivity contribution in [2.24, 2.45) is 5.14 Å². The smallest absolute Gasteiger partial charge is 0.357 e. The summed E-state index contributed by atoms with van der Waals surface area (Å²) >= 11 is 3.39. The molecule has 0 aliphatic carbocycles. The number of ether oxygens (including phenoxy) is 1. The molecule has 0 fully saturated rings. The first-order valence-corrected chi connectivity index (χ1v) is 16.8. The number of carbonyl (C=O) groups excluding carboxylic acids is 1. The maximum Gasteiger partial charge on any atom is 0.357 e. The van der Waals surface area contributed by atoms with Gasteiger partial charge in [0.25, 0.3) is 5.91 Å². The number of sulfonamides is 1. The standard InChI is InChI=1S/C28H30BrN4O7PS/c1-4-39-41(35,40-5-2)28(19-9-11-21(29)12-10-19)31-27(34)25-18-26(20-7-6-8-23(17-20)38-3)33(32-25)22-13-15-24(16-14-22)42(30,36)37/h6-18,28H,4-5H2,1-3H3,(H,31,34)(H2,30,36,37). The fourth-order valence-corrected chi connectivity index (χ4v) is 6.87. The average Bonchev–Trinajstić information content (AvgIpc) is 3.42. The minimum atomic E-state index is -3.91. The van der Waals surface area contributed by atoms with Crippen molar-refractivity contribution < 1.29 is 31.6 Å². The summed E-state index contributed by atoms with van der Waals surface area (Å²) in [6, 6.07) is 21.5. The van der Waals surface area contributed by atoms with Crippen LogP contribution in [-0.2, 0) is 23.6 Å². The van der Waals surface area contributed by atoms with Crippen LogP contribution in [0, 0.1) is 0 Å². The second-order valence-electron chi connectivity index (χ2n) is 8.90. The largest absolute Gasteiger partial charge is 0.497 e. The Balaban J connectivity index is 1.80. The van der Waals surface area contributed by atoms with E-state index in [4.69, 9.17) is 18.9 Å². The van der Waals surface area contributed by atoms with Crippen LogP contribution in [0.5, 0.6) is 5.75 Å². The molecule has 1 aromatic heterocycles. The molecule has 3 aromatic carbocycles. The Hall–Kier alpha value is -3.32. The number of nitrogens with one attached hydrogen (secondary N) is 1. The van der Waals surface area contributed by atoms with E-state index in [1.54, 1.807) is 69.5 Å². The Kier molecular flexibility index (Phi) is 10.0. The lowest BCUT2D eigenvalue weighted by molar-refractivity contribution is 0.0931. The normalized spacial score (nSPS) is 12.6. The number of nitrogens with two attached hydrogens (primary N) is 1. The van der Waals surface area contributed by atoms with Gasteiger partial charge in [-0.3, -0.25) is 9.36 Å². The molecule has 11 nitrogen and oxygen atoms in total. The molecular weight excluding hydrogens is 647 g/mol. The summed E-state index contributed by atoms with van der Waals surface area (Å²) in [5, 5.41) is 12.6. The number of nitrogens with zero attached hydrogens (tertiary/aromatic N) is 2. The molecule has 3 N–H and O–H groups in total. The van der Waals surface area contributed by atoms with Gasteiger partial charge in [0, 0.05) is 10.0 Å². The van der Waals surface area contributed by atoms with Crippen molar-refractivity contribution in [1.82, 2.24) is 15.1 Å². The van der Waals surface area contributed by atoms with Gasteiger partial charge in [0.2, 0.25) is 10.0 Å². The number of aromatic nitrogens is 2. The molecule has 0 spiro atoms. The van der Waals surface area contributed by atoms with Crippen molar-refractivity contribution in [3.8, 4) is 22.7 Å². The Morgan fingerprint density at radius 3 is 2.24 bits per heavy atom. The third kappa shape index (κ3) is 7.17. The summed E-state index contributed by atoms with van der Waals surface area (Å²) in [6.45, 7) is 3.58. The van der Waals surface area contributed by atoms with Crippen LogP contribution in [-0.4, -0.2) is 44.4 Å². The second-order valence-corrected chi connectivity index (χ2v) is 13.5. The van der Waals surface area contributed by atoms with Crippen molar-refractivity contribution in [3.63, 3.8) is 0 Å². The van der Waals surface area contributed by atoms with Gasteiger partial charge < -0.3 is 19.1 Å². The van der Waals surface area contributed by atoms with Crippen LogP contribution in [0.15, 0.2) is 88.2 Å². The van der Waals surface area contributed by atoms with Gasteiger partial charge >= 0.3 is 7.60 Å². The number of primary sulfonamides is 1. The number of carbonyl (C=O) groups is 1. The molecule has 4 rings (SSSR count). The van der Waals surface area contributed by atoms with Crippen molar-refractivity contribution in [2.45, 2.75) is 24.5 Å². The van der Waals surface area contributed by atoms with Crippen LogP contribution in [0.1, 0.15) is 35.7 Å². The highest BCUT2D eigenvalue weighted by molar-refractivity contribution is 9.10. The molecule has 0 aliphatic rings. The summed E-state index contributed by atoms with van der Waals surface area (Å²) in [5.74, 6) is -1.18. The molecule has 0 radical (unpaired) electrons. The summed E-state index contributed by atoms with van der Waals surface area (Å²) < 4.78 is 56.3. The van der Waals surface area contributed by atoms with E-state index in [2.05, 4.69) is 26.3 Å². The number of benzene rings is 3. The van der Waals surface area contributed by atoms with E-state index >= 15 is 0 Å². The highest BCUT2D eigenvalue weighted by atomic mass is 79.9. The van der Waals surface area contributed by atoms with Crippen LogP contribution in [0.3, 0.4) is 0 Å². The van der Waals surface area contributed by atoms with Crippen molar-refractivity contribution >= 4 is 39.5 Å². The average molecular weight is 678 g/mol. The molecule has 222 valence electrons. The van der Waals surface area contributed by atoms with Crippen LogP contribution in [0.2, 0.25) is 0 Å². The second kappa shape index (κ2) is 13.3. The molecule has 1 amide bonds. The first-order valence-electron chi connectivity index (χ1n) is 12.8. The lowest BCUT2D eigenvalue weighted by Gasteiger charge is -2.27. The van der Waals surface area contributed by atoms with Gasteiger partial charge in [0.05, 0.1) is 36.6 Å². The van der Waals surface area contributed by atoms with E-state index in [-0.39, 0.29) is 23.8 Å². The van der Waals surface area contributed by atoms with Crippen molar-refractivity contribution in [3.05, 3.63) is 94.6 Å². The van der Waals surface area contributed by atoms with E-state index < -0.39 is 29.3 Å². The summed E-state index contributed by atoms with van der Waals surface area (Å²) in [7, 11) is -6.23. The number of amides is 1. The quantitative estimate of drug-likeness (QED) is 0.183. The van der Waals surface area contributed by atoms with E-state index in [1.807, 2.05) is 6.07 Å². The van der Waals surface area contributed by atoms with Crippen LogP contribution in [0.4, 0.5) is 0 Å². The fourth-order valence-electron chi connectivity index (χ4n) is 4.19. The molecule has 4 aromatic rings. The first-order chi connectivity index (χ1) is 20.0. The molecule has 1 heterocycles. The highest BCUT2D eigenvalue weighted by Crippen LogP contribution is 2.59. The van der Waals surface area contributed by atoms with Crippen LogP contribution < -0.4 is 15.2 Å². The van der Waals surface area contributed by atoms with Gasteiger partial charge in [0.1, 0.15) is 5.75 Å². The van der Waals surface area contributed by atoms with Crippen LogP contribution in [0.25, 0.3) is 16.9 Å². The first kappa shape index (κ1) is 31.6. The van der Waals surface area contributed by atoms with Gasteiger partial charge in [-0.05, 0) is 74.0 Å². The molecule has 1 unspecified atom stereocenters. The number of rotatable bonds is 12. The zero-order valence-corrected chi connectivity index (χ0v) is 26.4. The van der Waals surface area contributed by atoms with Crippen LogP contribution >= 0.6 is 23.5 Å². The molecule has 0 saturated heterocycles. The number of hydrogen-bond acceptors (Lipinski definition) is 8. The molecule has 14 heteroatoms. The van der Waals surface area contributed by atoms with Gasteiger partial charge in [-0.15, -0.1) is 0 Å². The highest BCUT2D eigenvalue weighted by Gasteiger charge is 2.39. The zero-order chi connectivity index (χ0) is 30.5.